The minimum absolute atomic E-state index is 0.0671. The van der Waals surface area contributed by atoms with Gasteiger partial charge in [-0.2, -0.15) is 0 Å². The molecule has 0 radical (unpaired) electrons. The SMILES string of the molecule is COc1ccc(-c2oc3cc(OCc4ccccc4)cc(OC)c3c(=O)c2O)cc1. The van der Waals surface area contributed by atoms with Crippen LogP contribution in [0.25, 0.3) is 22.3 Å². The van der Waals surface area contributed by atoms with Gasteiger partial charge in [0.25, 0.3) is 0 Å². The summed E-state index contributed by atoms with van der Waals surface area (Å²) in [6.07, 6.45) is 0. The van der Waals surface area contributed by atoms with Gasteiger partial charge >= 0.3 is 0 Å². The van der Waals surface area contributed by atoms with Crippen LogP contribution in [0.15, 0.2) is 75.9 Å². The fourth-order valence-electron chi connectivity index (χ4n) is 3.17. The molecule has 0 bridgehead atoms. The summed E-state index contributed by atoms with van der Waals surface area (Å²) in [4.78, 5) is 12.9. The predicted molar refractivity (Wildman–Crippen MR) is 113 cm³/mol. The Bertz CT molecular complexity index is 1230. The first-order chi connectivity index (χ1) is 14.6. The highest BCUT2D eigenvalue weighted by Crippen LogP contribution is 2.36. The zero-order valence-corrected chi connectivity index (χ0v) is 16.5. The highest BCUT2D eigenvalue weighted by atomic mass is 16.5. The Labute approximate surface area is 172 Å². The van der Waals surface area contributed by atoms with Crippen molar-refractivity contribution in [3.8, 4) is 34.3 Å². The molecule has 30 heavy (non-hydrogen) atoms. The molecule has 6 heteroatoms. The van der Waals surface area contributed by atoms with Crippen molar-refractivity contribution in [3.63, 3.8) is 0 Å². The number of ether oxygens (including phenoxy) is 3. The van der Waals surface area contributed by atoms with Gasteiger partial charge in [0.05, 0.1) is 14.2 Å². The van der Waals surface area contributed by atoms with E-state index in [1.807, 2.05) is 30.3 Å². The van der Waals surface area contributed by atoms with E-state index < -0.39 is 11.2 Å². The first-order valence-electron chi connectivity index (χ1n) is 9.29. The van der Waals surface area contributed by atoms with Crippen LogP contribution in [0.1, 0.15) is 5.56 Å². The number of methoxy groups -OCH3 is 2. The molecule has 0 aliphatic rings. The van der Waals surface area contributed by atoms with Crippen molar-refractivity contribution in [2.45, 2.75) is 6.61 Å². The van der Waals surface area contributed by atoms with Crippen LogP contribution < -0.4 is 19.6 Å². The molecule has 1 N–H and O–H groups in total. The lowest BCUT2D eigenvalue weighted by Crippen LogP contribution is -2.05. The van der Waals surface area contributed by atoms with Gasteiger partial charge in [-0.3, -0.25) is 4.79 Å². The average molecular weight is 404 g/mol. The molecule has 0 fully saturated rings. The van der Waals surface area contributed by atoms with Crippen molar-refractivity contribution in [1.82, 2.24) is 0 Å². The second-order valence-corrected chi connectivity index (χ2v) is 6.61. The quantitative estimate of drug-likeness (QED) is 0.499. The molecule has 0 unspecified atom stereocenters. The van der Waals surface area contributed by atoms with Crippen LogP contribution in [0.5, 0.6) is 23.0 Å². The van der Waals surface area contributed by atoms with Crippen LogP contribution in [0.3, 0.4) is 0 Å². The van der Waals surface area contributed by atoms with E-state index in [0.29, 0.717) is 23.7 Å². The Morgan fingerprint density at radius 1 is 0.900 bits per heavy atom. The minimum Gasteiger partial charge on any atom is -0.502 e. The summed E-state index contributed by atoms with van der Waals surface area (Å²) in [6.45, 7) is 0.350. The largest absolute Gasteiger partial charge is 0.502 e. The van der Waals surface area contributed by atoms with Gasteiger partial charge < -0.3 is 23.7 Å². The summed E-state index contributed by atoms with van der Waals surface area (Å²) in [6, 6.07) is 19.8. The maximum absolute atomic E-state index is 12.9. The molecular formula is C24H20O6. The van der Waals surface area contributed by atoms with Crippen LogP contribution in [-0.2, 0) is 6.61 Å². The van der Waals surface area contributed by atoms with Crippen molar-refractivity contribution in [2.24, 2.45) is 0 Å². The Balaban J connectivity index is 1.79. The lowest BCUT2D eigenvalue weighted by molar-refractivity contribution is 0.304. The first-order valence-corrected chi connectivity index (χ1v) is 9.29. The van der Waals surface area contributed by atoms with Crippen molar-refractivity contribution in [3.05, 3.63) is 82.5 Å². The molecule has 0 aliphatic heterocycles. The van der Waals surface area contributed by atoms with E-state index in [2.05, 4.69) is 0 Å². The molecule has 4 aromatic rings. The van der Waals surface area contributed by atoms with Crippen LogP contribution in [0, 0.1) is 0 Å². The van der Waals surface area contributed by atoms with Crippen molar-refractivity contribution in [1.29, 1.82) is 0 Å². The second-order valence-electron chi connectivity index (χ2n) is 6.61. The number of fused-ring (bicyclic) bond motifs is 1. The van der Waals surface area contributed by atoms with Crippen LogP contribution in [0.2, 0.25) is 0 Å². The summed E-state index contributed by atoms with van der Waals surface area (Å²) >= 11 is 0. The molecule has 1 heterocycles. The topological polar surface area (TPSA) is 78.1 Å². The monoisotopic (exact) mass is 404 g/mol. The van der Waals surface area contributed by atoms with E-state index in [1.54, 1.807) is 43.5 Å². The van der Waals surface area contributed by atoms with Crippen LogP contribution >= 0.6 is 0 Å². The Morgan fingerprint density at radius 3 is 2.30 bits per heavy atom. The summed E-state index contributed by atoms with van der Waals surface area (Å²) in [5.74, 6) is 0.986. The Hall–Kier alpha value is -3.93. The summed E-state index contributed by atoms with van der Waals surface area (Å²) in [5, 5.41) is 10.6. The number of benzene rings is 3. The molecule has 4 rings (SSSR count). The summed E-state index contributed by atoms with van der Waals surface area (Å²) < 4.78 is 22.3. The lowest BCUT2D eigenvalue weighted by Gasteiger charge is -2.12. The molecule has 3 aromatic carbocycles. The maximum atomic E-state index is 12.9. The zero-order chi connectivity index (χ0) is 21.1. The third-order valence-electron chi connectivity index (χ3n) is 4.73. The summed E-state index contributed by atoms with van der Waals surface area (Å²) in [5.41, 5.74) is 1.23. The Kier molecular flexibility index (Phi) is 5.30. The number of hydrogen-bond donors (Lipinski definition) is 1. The number of rotatable bonds is 6. The fourth-order valence-corrected chi connectivity index (χ4v) is 3.17. The fraction of sp³-hybridized carbons (Fsp3) is 0.125. The van der Waals surface area contributed by atoms with E-state index in [1.165, 1.54) is 7.11 Å². The summed E-state index contributed by atoms with van der Waals surface area (Å²) in [7, 11) is 3.01. The number of aromatic hydroxyl groups is 1. The average Bonchev–Trinajstić information content (AvgIpc) is 2.80. The van der Waals surface area contributed by atoms with Gasteiger partial charge in [0, 0.05) is 17.7 Å². The molecule has 0 spiro atoms. The van der Waals surface area contributed by atoms with Gasteiger partial charge in [-0.1, -0.05) is 30.3 Å². The molecule has 0 amide bonds. The van der Waals surface area contributed by atoms with Gasteiger partial charge in [-0.05, 0) is 29.8 Å². The van der Waals surface area contributed by atoms with E-state index in [9.17, 15) is 9.90 Å². The molecule has 1 aromatic heterocycles. The molecule has 0 atom stereocenters. The van der Waals surface area contributed by atoms with Gasteiger partial charge in [0.2, 0.25) is 11.2 Å². The van der Waals surface area contributed by atoms with E-state index in [0.717, 1.165) is 5.56 Å². The third kappa shape index (κ3) is 3.67. The molecular weight excluding hydrogens is 384 g/mol. The molecule has 0 saturated carbocycles. The van der Waals surface area contributed by atoms with Gasteiger partial charge in [0.1, 0.15) is 34.8 Å². The number of hydrogen-bond acceptors (Lipinski definition) is 6. The van der Waals surface area contributed by atoms with Crippen molar-refractivity contribution >= 4 is 11.0 Å². The van der Waals surface area contributed by atoms with E-state index in [4.69, 9.17) is 18.6 Å². The third-order valence-corrected chi connectivity index (χ3v) is 4.73. The highest BCUT2D eigenvalue weighted by Gasteiger charge is 2.19. The predicted octanol–water partition coefficient (Wildman–Crippen LogP) is 4.76. The molecule has 152 valence electrons. The van der Waals surface area contributed by atoms with E-state index >= 15 is 0 Å². The maximum Gasteiger partial charge on any atom is 0.238 e. The lowest BCUT2D eigenvalue weighted by atomic mass is 10.1. The zero-order valence-electron chi connectivity index (χ0n) is 16.5. The second kappa shape index (κ2) is 8.21. The smallest absolute Gasteiger partial charge is 0.238 e. The standard InChI is InChI=1S/C24H20O6/c1-27-17-10-8-16(9-11-17)24-23(26)22(25)21-19(28-2)12-18(13-20(21)30-24)29-14-15-6-4-3-5-7-15/h3-13,26H,14H2,1-2H3. The Morgan fingerprint density at radius 2 is 1.63 bits per heavy atom. The van der Waals surface area contributed by atoms with Gasteiger partial charge in [-0.15, -0.1) is 0 Å². The normalized spacial score (nSPS) is 10.7. The minimum atomic E-state index is -0.575. The molecule has 6 nitrogen and oxygen atoms in total. The highest BCUT2D eigenvalue weighted by molar-refractivity contribution is 5.88. The van der Waals surface area contributed by atoms with E-state index in [-0.39, 0.29) is 22.5 Å². The molecule has 0 aliphatic carbocycles. The van der Waals surface area contributed by atoms with Gasteiger partial charge in [-0.25, -0.2) is 0 Å². The van der Waals surface area contributed by atoms with Crippen molar-refractivity contribution < 1.29 is 23.7 Å². The van der Waals surface area contributed by atoms with Gasteiger partial charge in [0.15, 0.2) is 5.76 Å². The first kappa shape index (κ1) is 19.4. The van der Waals surface area contributed by atoms with Crippen molar-refractivity contribution in [2.75, 3.05) is 14.2 Å². The van der Waals surface area contributed by atoms with Crippen LogP contribution in [-0.4, -0.2) is 19.3 Å². The van der Waals surface area contributed by atoms with Crippen LogP contribution in [0.4, 0.5) is 0 Å². The molecule has 0 saturated heterocycles.